The summed E-state index contributed by atoms with van der Waals surface area (Å²) in [5, 5.41) is 2.93. The van der Waals surface area contributed by atoms with Gasteiger partial charge in [-0.2, -0.15) is 0 Å². The van der Waals surface area contributed by atoms with Crippen LogP contribution in [0.1, 0.15) is 44.4 Å². The molecule has 0 saturated carbocycles. The molecule has 4 heteroatoms. The van der Waals surface area contributed by atoms with E-state index in [-0.39, 0.29) is 24.6 Å². The highest BCUT2D eigenvalue weighted by molar-refractivity contribution is 5.77. The van der Waals surface area contributed by atoms with E-state index in [1.807, 2.05) is 25.1 Å². The first-order valence-electron chi connectivity index (χ1n) is 7.28. The largest absolute Gasteiger partial charge is 0.484 e. The van der Waals surface area contributed by atoms with Crippen LogP contribution in [0.2, 0.25) is 0 Å². The number of ether oxygens (including phenoxy) is 1. The number of nitrogens with two attached hydrogens (primary N) is 1. The van der Waals surface area contributed by atoms with Crippen molar-refractivity contribution in [3.05, 3.63) is 29.3 Å². The van der Waals surface area contributed by atoms with Gasteiger partial charge in [0.05, 0.1) is 0 Å². The fourth-order valence-electron chi connectivity index (χ4n) is 2.33. The van der Waals surface area contributed by atoms with E-state index in [9.17, 15) is 4.79 Å². The number of fused-ring (bicyclic) bond motifs is 1. The zero-order chi connectivity index (χ0) is 14.7. The highest BCUT2D eigenvalue weighted by atomic mass is 16.5. The Hall–Kier alpha value is -1.55. The number of amides is 1. The summed E-state index contributed by atoms with van der Waals surface area (Å²) in [7, 11) is 0. The van der Waals surface area contributed by atoms with E-state index < -0.39 is 0 Å². The molecule has 0 saturated heterocycles. The second-order valence-corrected chi connectivity index (χ2v) is 5.89. The smallest absolute Gasteiger partial charge is 0.258 e. The number of carbonyl (C=O) groups is 1. The molecule has 0 fully saturated rings. The molecule has 0 radical (unpaired) electrons. The number of carbonyl (C=O) groups excluding carboxylic acids is 1. The molecule has 20 heavy (non-hydrogen) atoms. The Morgan fingerprint density at radius 3 is 2.90 bits per heavy atom. The average molecular weight is 276 g/mol. The third-order valence-electron chi connectivity index (χ3n) is 4.00. The van der Waals surface area contributed by atoms with Crippen LogP contribution in [0.4, 0.5) is 0 Å². The number of rotatable bonds is 5. The molecule has 1 aliphatic rings. The van der Waals surface area contributed by atoms with Crippen molar-refractivity contribution in [3.8, 4) is 5.75 Å². The summed E-state index contributed by atoms with van der Waals surface area (Å²) in [4.78, 5) is 11.8. The second-order valence-electron chi connectivity index (χ2n) is 5.89. The van der Waals surface area contributed by atoms with Crippen molar-refractivity contribution in [2.45, 2.75) is 45.7 Å². The van der Waals surface area contributed by atoms with Crippen molar-refractivity contribution in [2.24, 2.45) is 11.7 Å². The van der Waals surface area contributed by atoms with Gasteiger partial charge in [-0.05, 0) is 48.9 Å². The molecule has 0 heterocycles. The van der Waals surface area contributed by atoms with Crippen LogP contribution in [-0.4, -0.2) is 18.6 Å². The summed E-state index contributed by atoms with van der Waals surface area (Å²) < 4.78 is 5.56. The van der Waals surface area contributed by atoms with Crippen LogP contribution >= 0.6 is 0 Å². The SMILES string of the molecule is CC(C)C(C)NC(=O)COc1ccc2c(c1)CC[C@H]2N. The van der Waals surface area contributed by atoms with Gasteiger partial charge < -0.3 is 15.8 Å². The minimum atomic E-state index is -0.0802. The first-order valence-corrected chi connectivity index (χ1v) is 7.28. The fourth-order valence-corrected chi connectivity index (χ4v) is 2.33. The van der Waals surface area contributed by atoms with Crippen molar-refractivity contribution in [1.82, 2.24) is 5.32 Å². The fraction of sp³-hybridized carbons (Fsp3) is 0.562. The molecule has 1 aromatic rings. The van der Waals surface area contributed by atoms with Crippen LogP contribution < -0.4 is 15.8 Å². The van der Waals surface area contributed by atoms with Crippen LogP contribution in [0.3, 0.4) is 0 Å². The van der Waals surface area contributed by atoms with E-state index in [1.54, 1.807) is 0 Å². The Morgan fingerprint density at radius 2 is 2.20 bits per heavy atom. The summed E-state index contributed by atoms with van der Waals surface area (Å²) in [5.41, 5.74) is 8.44. The number of hydrogen-bond acceptors (Lipinski definition) is 3. The minimum absolute atomic E-state index is 0.0574. The zero-order valence-corrected chi connectivity index (χ0v) is 12.5. The lowest BCUT2D eigenvalue weighted by Crippen LogP contribution is -2.38. The number of hydrogen-bond donors (Lipinski definition) is 2. The predicted octanol–water partition coefficient (Wildman–Crippen LogP) is 2.17. The molecule has 0 aromatic heterocycles. The van der Waals surface area contributed by atoms with E-state index >= 15 is 0 Å². The van der Waals surface area contributed by atoms with Gasteiger partial charge in [-0.3, -0.25) is 4.79 Å². The first-order chi connectivity index (χ1) is 9.47. The lowest BCUT2D eigenvalue weighted by Gasteiger charge is -2.17. The number of aryl methyl sites for hydroxylation is 1. The Labute approximate surface area is 120 Å². The van der Waals surface area contributed by atoms with Crippen LogP contribution in [0.5, 0.6) is 5.75 Å². The molecule has 2 rings (SSSR count). The zero-order valence-electron chi connectivity index (χ0n) is 12.5. The van der Waals surface area contributed by atoms with E-state index in [0.717, 1.165) is 18.6 Å². The average Bonchev–Trinajstić information content (AvgIpc) is 2.77. The van der Waals surface area contributed by atoms with Gasteiger partial charge in [-0.1, -0.05) is 19.9 Å². The van der Waals surface area contributed by atoms with Gasteiger partial charge in [0.1, 0.15) is 5.75 Å². The summed E-state index contributed by atoms with van der Waals surface area (Å²) in [6.07, 6.45) is 1.98. The third-order valence-corrected chi connectivity index (χ3v) is 4.00. The molecule has 110 valence electrons. The molecule has 3 N–H and O–H groups in total. The maximum Gasteiger partial charge on any atom is 0.258 e. The summed E-state index contributed by atoms with van der Waals surface area (Å²) in [6.45, 7) is 6.21. The van der Waals surface area contributed by atoms with Gasteiger partial charge in [0.25, 0.3) is 5.91 Å². The van der Waals surface area contributed by atoms with Crippen LogP contribution in [-0.2, 0) is 11.2 Å². The van der Waals surface area contributed by atoms with E-state index in [4.69, 9.17) is 10.5 Å². The lowest BCUT2D eigenvalue weighted by molar-refractivity contribution is -0.124. The molecular formula is C16H24N2O2. The van der Waals surface area contributed by atoms with Gasteiger partial charge >= 0.3 is 0 Å². The van der Waals surface area contributed by atoms with Gasteiger partial charge in [0.2, 0.25) is 0 Å². The molecule has 2 atom stereocenters. The molecule has 1 amide bonds. The molecule has 1 aliphatic carbocycles. The minimum Gasteiger partial charge on any atom is -0.484 e. The standard InChI is InChI=1S/C16H24N2O2/c1-10(2)11(3)18-16(19)9-20-13-5-6-14-12(8-13)4-7-15(14)17/h5-6,8,10-11,15H,4,7,9,17H2,1-3H3,(H,18,19)/t11?,15-/m1/s1. The summed E-state index contributed by atoms with van der Waals surface area (Å²) >= 11 is 0. The number of benzene rings is 1. The molecular weight excluding hydrogens is 252 g/mol. The molecule has 0 spiro atoms. The van der Waals surface area contributed by atoms with E-state index in [2.05, 4.69) is 19.2 Å². The predicted molar refractivity (Wildman–Crippen MR) is 79.6 cm³/mol. The second kappa shape index (κ2) is 6.27. The number of nitrogens with one attached hydrogen (secondary N) is 1. The van der Waals surface area contributed by atoms with E-state index in [1.165, 1.54) is 11.1 Å². The molecule has 4 nitrogen and oxygen atoms in total. The van der Waals surface area contributed by atoms with Crippen molar-refractivity contribution >= 4 is 5.91 Å². The van der Waals surface area contributed by atoms with Crippen molar-refractivity contribution in [1.29, 1.82) is 0 Å². The van der Waals surface area contributed by atoms with Crippen LogP contribution in [0.25, 0.3) is 0 Å². The maximum atomic E-state index is 11.8. The molecule has 1 aromatic carbocycles. The highest BCUT2D eigenvalue weighted by Gasteiger charge is 2.19. The summed E-state index contributed by atoms with van der Waals surface area (Å²) in [5.74, 6) is 1.08. The molecule has 0 aliphatic heterocycles. The van der Waals surface area contributed by atoms with Crippen molar-refractivity contribution < 1.29 is 9.53 Å². The van der Waals surface area contributed by atoms with Crippen molar-refractivity contribution in [3.63, 3.8) is 0 Å². The van der Waals surface area contributed by atoms with Gasteiger partial charge in [0, 0.05) is 12.1 Å². The van der Waals surface area contributed by atoms with Gasteiger partial charge in [-0.15, -0.1) is 0 Å². The van der Waals surface area contributed by atoms with E-state index in [0.29, 0.717) is 5.92 Å². The topological polar surface area (TPSA) is 64.3 Å². The van der Waals surface area contributed by atoms with Crippen molar-refractivity contribution in [2.75, 3.05) is 6.61 Å². The Morgan fingerprint density at radius 1 is 1.45 bits per heavy atom. The molecule has 0 bridgehead atoms. The highest BCUT2D eigenvalue weighted by Crippen LogP contribution is 2.31. The maximum absolute atomic E-state index is 11.8. The lowest BCUT2D eigenvalue weighted by atomic mass is 10.1. The van der Waals surface area contributed by atoms with Crippen LogP contribution in [0.15, 0.2) is 18.2 Å². The monoisotopic (exact) mass is 276 g/mol. The van der Waals surface area contributed by atoms with Gasteiger partial charge in [0.15, 0.2) is 6.61 Å². The van der Waals surface area contributed by atoms with Crippen LogP contribution in [0, 0.1) is 5.92 Å². The summed E-state index contributed by atoms with van der Waals surface area (Å²) in [6, 6.07) is 6.21. The quantitative estimate of drug-likeness (QED) is 0.866. The third kappa shape index (κ3) is 3.51. The van der Waals surface area contributed by atoms with Gasteiger partial charge in [-0.25, -0.2) is 0 Å². The molecule has 1 unspecified atom stereocenters. The first kappa shape index (κ1) is 14.9. The Bertz CT molecular complexity index is 485. The Kier molecular flexibility index (Phi) is 4.65. The Balaban J connectivity index is 1.87. The normalized spacial score (nSPS) is 18.8.